The third-order valence-corrected chi connectivity index (χ3v) is 5.59. The van der Waals surface area contributed by atoms with Gasteiger partial charge in [-0.15, -0.1) is 0 Å². The molecule has 2 aliphatic rings. The molecule has 7 heteroatoms. The van der Waals surface area contributed by atoms with Crippen LogP contribution in [-0.4, -0.2) is 55.6 Å². The summed E-state index contributed by atoms with van der Waals surface area (Å²) in [7, 11) is 0. The van der Waals surface area contributed by atoms with Gasteiger partial charge in [-0.2, -0.15) is 0 Å². The summed E-state index contributed by atoms with van der Waals surface area (Å²) in [5.41, 5.74) is 2.76. The topological polar surface area (TPSA) is 42.0 Å². The van der Waals surface area contributed by atoms with Crippen LogP contribution in [0.5, 0.6) is 5.75 Å². The Kier molecular flexibility index (Phi) is 5.89. The number of nitrogens with zero attached hydrogens (tertiary/aromatic N) is 2. The lowest BCUT2D eigenvalue weighted by Crippen LogP contribution is -2.38. The first-order valence-electron chi connectivity index (χ1n) is 9.49. The summed E-state index contributed by atoms with van der Waals surface area (Å²) in [4.78, 5) is 16.3. The molecule has 150 valence electrons. The Labute approximate surface area is 168 Å². The fourth-order valence-corrected chi connectivity index (χ4v) is 4.49. The van der Waals surface area contributed by atoms with Crippen LogP contribution in [0.1, 0.15) is 38.8 Å². The molecule has 3 rings (SSSR count). The number of rotatable bonds is 2. The van der Waals surface area contributed by atoms with Crippen LogP contribution >= 0.6 is 15.9 Å². The van der Waals surface area contributed by atoms with Crippen LogP contribution in [-0.2, 0) is 17.6 Å². The van der Waals surface area contributed by atoms with Gasteiger partial charge in [-0.1, -0.05) is 0 Å². The summed E-state index contributed by atoms with van der Waals surface area (Å²) in [5, 5.41) is 0. The van der Waals surface area contributed by atoms with Gasteiger partial charge < -0.3 is 19.3 Å². The van der Waals surface area contributed by atoms with Gasteiger partial charge in [-0.05, 0) is 73.7 Å². The molecule has 1 amide bonds. The summed E-state index contributed by atoms with van der Waals surface area (Å²) in [6.07, 6.45) is 0.273. The highest BCUT2D eigenvalue weighted by molar-refractivity contribution is 9.10. The van der Waals surface area contributed by atoms with Gasteiger partial charge in [-0.3, -0.25) is 0 Å². The van der Waals surface area contributed by atoms with Crippen molar-refractivity contribution in [2.45, 2.75) is 52.3 Å². The number of anilines is 1. The summed E-state index contributed by atoms with van der Waals surface area (Å²) in [6, 6.07) is 2.06. The quantitative estimate of drug-likeness (QED) is 0.682. The van der Waals surface area contributed by atoms with Gasteiger partial charge in [0.2, 0.25) is 0 Å². The molecule has 2 aliphatic heterocycles. The summed E-state index contributed by atoms with van der Waals surface area (Å²) in [5.74, 6) is 0.790. The summed E-state index contributed by atoms with van der Waals surface area (Å²) < 4.78 is 26.0. The number of carbonyl (C=O) groups excluding carboxylic acids is 1. The minimum absolute atomic E-state index is 0.277. The molecule has 0 unspecified atom stereocenters. The Morgan fingerprint density at radius 1 is 1.33 bits per heavy atom. The van der Waals surface area contributed by atoms with Crippen molar-refractivity contribution in [3.05, 3.63) is 21.7 Å². The number of ether oxygens (including phenoxy) is 2. The lowest BCUT2D eigenvalue weighted by molar-refractivity contribution is 0.0258. The Morgan fingerprint density at radius 2 is 2.04 bits per heavy atom. The number of fused-ring (bicyclic) bond motifs is 2. The molecule has 27 heavy (non-hydrogen) atoms. The molecule has 0 N–H and O–H groups in total. The van der Waals surface area contributed by atoms with E-state index in [0.29, 0.717) is 32.8 Å². The maximum atomic E-state index is 13.6. The molecule has 0 radical (unpaired) electrons. The van der Waals surface area contributed by atoms with Crippen LogP contribution in [0.15, 0.2) is 10.5 Å². The number of hydrogen-bond donors (Lipinski definition) is 0. The lowest BCUT2D eigenvalue weighted by Gasteiger charge is -2.34. The van der Waals surface area contributed by atoms with Gasteiger partial charge in [0.15, 0.2) is 0 Å². The number of carbonyl (C=O) groups is 1. The van der Waals surface area contributed by atoms with E-state index in [4.69, 9.17) is 9.47 Å². The van der Waals surface area contributed by atoms with E-state index in [9.17, 15) is 9.18 Å². The Balaban J connectivity index is 1.85. The van der Waals surface area contributed by atoms with E-state index in [1.165, 1.54) is 11.1 Å². The largest absolute Gasteiger partial charge is 0.490 e. The number of halogens is 2. The fourth-order valence-electron chi connectivity index (χ4n) is 3.59. The van der Waals surface area contributed by atoms with Crippen LogP contribution in [0.2, 0.25) is 0 Å². The van der Waals surface area contributed by atoms with E-state index in [-0.39, 0.29) is 6.09 Å². The van der Waals surface area contributed by atoms with Crippen LogP contribution in [0.25, 0.3) is 0 Å². The van der Waals surface area contributed by atoms with Crippen molar-refractivity contribution >= 4 is 27.7 Å². The van der Waals surface area contributed by atoms with Gasteiger partial charge in [0, 0.05) is 24.1 Å². The van der Waals surface area contributed by atoms with E-state index < -0.39 is 11.8 Å². The Hall–Kier alpha value is -1.50. The summed E-state index contributed by atoms with van der Waals surface area (Å²) >= 11 is 3.74. The average molecular weight is 443 g/mol. The SMILES string of the molecule is C[C@H](F)CN1CCOc2cc3c(c(Br)c21)CCN(C(=O)OC(C)(C)C)CC3. The second-order valence-corrected chi connectivity index (χ2v) is 9.01. The van der Waals surface area contributed by atoms with Gasteiger partial charge in [0.25, 0.3) is 0 Å². The van der Waals surface area contributed by atoms with Crippen molar-refractivity contribution in [3.63, 3.8) is 0 Å². The fraction of sp³-hybridized carbons (Fsp3) is 0.650. The zero-order chi connectivity index (χ0) is 19.8. The van der Waals surface area contributed by atoms with Gasteiger partial charge >= 0.3 is 6.09 Å². The molecule has 0 saturated heterocycles. The molecule has 0 aromatic heterocycles. The molecule has 1 aromatic rings. The number of alkyl halides is 1. The van der Waals surface area contributed by atoms with E-state index in [1.807, 2.05) is 25.7 Å². The first-order valence-corrected chi connectivity index (χ1v) is 10.3. The second kappa shape index (κ2) is 7.86. The predicted octanol–water partition coefficient (Wildman–Crippen LogP) is 4.34. The molecule has 1 aromatic carbocycles. The van der Waals surface area contributed by atoms with E-state index in [0.717, 1.165) is 28.8 Å². The summed E-state index contributed by atoms with van der Waals surface area (Å²) in [6.45, 7) is 9.97. The first kappa shape index (κ1) is 20.2. The highest BCUT2D eigenvalue weighted by Crippen LogP contribution is 2.43. The molecule has 5 nitrogen and oxygen atoms in total. The van der Waals surface area contributed by atoms with Crippen LogP contribution in [0.4, 0.5) is 14.9 Å². The predicted molar refractivity (Wildman–Crippen MR) is 108 cm³/mol. The third-order valence-electron chi connectivity index (χ3n) is 4.74. The maximum Gasteiger partial charge on any atom is 0.410 e. The second-order valence-electron chi connectivity index (χ2n) is 8.22. The third kappa shape index (κ3) is 4.68. The molecule has 0 aliphatic carbocycles. The zero-order valence-corrected chi connectivity index (χ0v) is 18.1. The van der Waals surface area contributed by atoms with Crippen molar-refractivity contribution in [1.29, 1.82) is 0 Å². The minimum Gasteiger partial charge on any atom is -0.490 e. The van der Waals surface area contributed by atoms with Crippen molar-refractivity contribution in [2.24, 2.45) is 0 Å². The molecule has 0 saturated carbocycles. The average Bonchev–Trinajstić information content (AvgIpc) is 2.76. The van der Waals surface area contributed by atoms with E-state index in [2.05, 4.69) is 22.0 Å². The van der Waals surface area contributed by atoms with Gasteiger partial charge in [0.1, 0.15) is 24.1 Å². The first-order chi connectivity index (χ1) is 12.7. The lowest BCUT2D eigenvalue weighted by atomic mass is 10.0. The number of benzene rings is 1. The molecule has 0 fully saturated rings. The minimum atomic E-state index is -0.913. The number of amides is 1. The molecular weight excluding hydrogens is 415 g/mol. The van der Waals surface area contributed by atoms with Crippen LogP contribution in [0, 0.1) is 0 Å². The van der Waals surface area contributed by atoms with Crippen molar-refractivity contribution in [2.75, 3.05) is 37.7 Å². The van der Waals surface area contributed by atoms with Crippen molar-refractivity contribution in [3.8, 4) is 5.75 Å². The van der Waals surface area contributed by atoms with Gasteiger partial charge in [0.05, 0.1) is 12.2 Å². The van der Waals surface area contributed by atoms with Crippen molar-refractivity contribution < 1.29 is 18.7 Å². The van der Waals surface area contributed by atoms with Crippen LogP contribution in [0.3, 0.4) is 0 Å². The van der Waals surface area contributed by atoms with Crippen molar-refractivity contribution in [1.82, 2.24) is 4.90 Å². The highest BCUT2D eigenvalue weighted by atomic mass is 79.9. The molecule has 0 spiro atoms. The zero-order valence-electron chi connectivity index (χ0n) is 16.5. The van der Waals surface area contributed by atoms with Gasteiger partial charge in [-0.25, -0.2) is 9.18 Å². The monoisotopic (exact) mass is 442 g/mol. The highest BCUT2D eigenvalue weighted by Gasteiger charge is 2.29. The smallest absolute Gasteiger partial charge is 0.410 e. The standard InChI is InChI=1S/C20H28BrFN2O3/c1-13(22)12-24-9-10-26-16-11-14-5-7-23(19(25)27-20(2,3)4)8-6-15(14)17(21)18(16)24/h11,13H,5-10,12H2,1-4H3/t13-/m0/s1. The molecule has 1 atom stereocenters. The molecule has 2 heterocycles. The van der Waals surface area contributed by atoms with E-state index >= 15 is 0 Å². The number of hydrogen-bond acceptors (Lipinski definition) is 4. The maximum absolute atomic E-state index is 13.6. The molecule has 0 bridgehead atoms. The Bertz CT molecular complexity index is 718. The molecular formula is C20H28BrFN2O3. The van der Waals surface area contributed by atoms with E-state index in [1.54, 1.807) is 11.8 Å². The van der Waals surface area contributed by atoms with Crippen LogP contribution < -0.4 is 9.64 Å². The Morgan fingerprint density at radius 3 is 2.70 bits per heavy atom. The normalized spacial score (nSPS) is 18.1.